The Labute approximate surface area is 222 Å². The van der Waals surface area contributed by atoms with Gasteiger partial charge in [0.2, 0.25) is 21.8 Å². The van der Waals surface area contributed by atoms with E-state index in [9.17, 15) is 18.0 Å². The lowest BCUT2D eigenvalue weighted by molar-refractivity contribution is -0.139. The molecule has 0 fully saturated rings. The van der Waals surface area contributed by atoms with Crippen molar-refractivity contribution in [2.75, 3.05) is 17.1 Å². The van der Waals surface area contributed by atoms with Gasteiger partial charge in [-0.2, -0.15) is 0 Å². The molecule has 0 saturated carbocycles. The molecule has 1 N–H and O–H groups in total. The number of benzene rings is 2. The Morgan fingerprint density at radius 2 is 1.66 bits per heavy atom. The number of rotatable bonds is 10. The quantitative estimate of drug-likeness (QED) is 0.411. The maximum absolute atomic E-state index is 13.6. The van der Waals surface area contributed by atoms with Crippen molar-refractivity contribution in [1.29, 1.82) is 0 Å². The highest BCUT2D eigenvalue weighted by Crippen LogP contribution is 2.35. The number of sulfonamides is 1. The summed E-state index contributed by atoms with van der Waals surface area (Å²) in [5.41, 5.74) is 1.82. The molecule has 2 amide bonds. The molecule has 0 aliphatic rings. The molecule has 0 aliphatic heterocycles. The molecule has 0 saturated heterocycles. The van der Waals surface area contributed by atoms with Gasteiger partial charge in [-0.25, -0.2) is 8.42 Å². The van der Waals surface area contributed by atoms with Crippen molar-refractivity contribution in [2.24, 2.45) is 0 Å². The van der Waals surface area contributed by atoms with Gasteiger partial charge in [-0.05, 0) is 44.9 Å². The Morgan fingerprint density at radius 1 is 1.03 bits per heavy atom. The minimum atomic E-state index is -3.95. The smallest absolute Gasteiger partial charge is 0.244 e. The van der Waals surface area contributed by atoms with Crippen LogP contribution in [-0.2, 0) is 26.2 Å². The number of carbonyl (C=O) groups excluding carboxylic acids is 2. The number of halogens is 3. The van der Waals surface area contributed by atoms with Gasteiger partial charge in [0.1, 0.15) is 12.6 Å². The Bertz CT molecular complexity index is 1190. The van der Waals surface area contributed by atoms with Crippen LogP contribution in [0.2, 0.25) is 15.1 Å². The molecule has 0 bridgehead atoms. The lowest BCUT2D eigenvalue weighted by Gasteiger charge is -2.32. The molecule has 7 nitrogen and oxygen atoms in total. The second-order valence-corrected chi connectivity index (χ2v) is 11.6. The molecule has 11 heteroatoms. The molecular weight excluding hydrogens is 533 g/mol. The molecule has 2 aromatic rings. The summed E-state index contributed by atoms with van der Waals surface area (Å²) in [5.74, 6) is -0.912. The number of hydrogen-bond acceptors (Lipinski definition) is 4. The fourth-order valence-electron chi connectivity index (χ4n) is 3.35. The molecule has 0 spiro atoms. The summed E-state index contributed by atoms with van der Waals surface area (Å²) in [6.07, 6.45) is 1.69. The van der Waals surface area contributed by atoms with Crippen LogP contribution in [0.5, 0.6) is 0 Å². The summed E-state index contributed by atoms with van der Waals surface area (Å²) in [6.45, 7) is 6.88. The van der Waals surface area contributed by atoms with Crippen LogP contribution in [0, 0.1) is 6.92 Å². The predicted molar refractivity (Wildman–Crippen MR) is 143 cm³/mol. The van der Waals surface area contributed by atoms with Gasteiger partial charge < -0.3 is 10.2 Å². The average Bonchev–Trinajstić information content (AvgIpc) is 2.77. The zero-order valence-corrected chi connectivity index (χ0v) is 23.4. The van der Waals surface area contributed by atoms with Crippen LogP contribution in [0.1, 0.15) is 38.3 Å². The minimum absolute atomic E-state index is 0.0177. The van der Waals surface area contributed by atoms with E-state index in [0.717, 1.165) is 28.1 Å². The second-order valence-electron chi connectivity index (χ2n) is 8.49. The van der Waals surface area contributed by atoms with E-state index in [1.165, 1.54) is 17.0 Å². The Kier molecular flexibility index (Phi) is 10.3. The van der Waals surface area contributed by atoms with Gasteiger partial charge in [0.25, 0.3) is 0 Å². The Balaban J connectivity index is 2.46. The molecular formula is C24H30Cl3N3O4S. The molecule has 2 unspecified atom stereocenters. The van der Waals surface area contributed by atoms with Crippen LogP contribution in [0.4, 0.5) is 5.69 Å². The summed E-state index contributed by atoms with van der Waals surface area (Å²) in [7, 11) is -3.95. The fourth-order valence-corrected chi connectivity index (χ4v) is 4.90. The summed E-state index contributed by atoms with van der Waals surface area (Å²) < 4.78 is 26.2. The summed E-state index contributed by atoms with van der Waals surface area (Å²) in [4.78, 5) is 27.8. The van der Waals surface area contributed by atoms with E-state index in [2.05, 4.69) is 5.32 Å². The zero-order valence-electron chi connectivity index (χ0n) is 20.3. The minimum Gasteiger partial charge on any atom is -0.352 e. The third kappa shape index (κ3) is 8.00. The number of nitrogens with one attached hydrogen (secondary N) is 1. The maximum Gasteiger partial charge on any atom is 0.244 e. The van der Waals surface area contributed by atoms with Crippen LogP contribution < -0.4 is 9.62 Å². The van der Waals surface area contributed by atoms with E-state index in [4.69, 9.17) is 34.8 Å². The van der Waals surface area contributed by atoms with Gasteiger partial charge in [0.15, 0.2) is 0 Å². The molecule has 35 heavy (non-hydrogen) atoms. The molecule has 2 atom stereocenters. The normalized spacial score (nSPS) is 13.1. The highest BCUT2D eigenvalue weighted by molar-refractivity contribution is 7.92. The third-order valence-corrected chi connectivity index (χ3v) is 7.69. The van der Waals surface area contributed by atoms with Crippen molar-refractivity contribution < 1.29 is 18.0 Å². The molecule has 2 rings (SSSR count). The van der Waals surface area contributed by atoms with Crippen molar-refractivity contribution in [2.45, 2.75) is 52.7 Å². The van der Waals surface area contributed by atoms with Crippen molar-refractivity contribution in [1.82, 2.24) is 10.2 Å². The summed E-state index contributed by atoms with van der Waals surface area (Å²) in [6, 6.07) is 9.20. The molecule has 0 heterocycles. The first-order valence-corrected chi connectivity index (χ1v) is 14.0. The van der Waals surface area contributed by atoms with Crippen molar-refractivity contribution in [3.05, 3.63) is 62.6 Å². The van der Waals surface area contributed by atoms with E-state index in [-0.39, 0.29) is 39.2 Å². The van der Waals surface area contributed by atoms with E-state index in [1.54, 1.807) is 6.92 Å². The standard InChI is InChI=1S/C24H30Cl3N3O4S/c1-6-16(3)28-24(32)17(4)29(13-18-9-7-8-15(2)10-18)23(31)14-30(35(5,33)34)22-12-20(26)19(25)11-21(22)27/h7-12,16-17H,6,13-14H2,1-5H3,(H,28,32). The number of aryl methyl sites for hydroxylation is 1. The van der Waals surface area contributed by atoms with Gasteiger partial charge >= 0.3 is 0 Å². The molecule has 192 valence electrons. The molecule has 0 radical (unpaired) electrons. The lowest BCUT2D eigenvalue weighted by Crippen LogP contribution is -2.52. The van der Waals surface area contributed by atoms with Gasteiger partial charge in [-0.3, -0.25) is 13.9 Å². The highest BCUT2D eigenvalue weighted by atomic mass is 35.5. The number of nitrogens with zero attached hydrogens (tertiary/aromatic N) is 2. The summed E-state index contributed by atoms with van der Waals surface area (Å²) in [5, 5.41) is 3.14. The number of amides is 2. The van der Waals surface area contributed by atoms with E-state index >= 15 is 0 Å². The van der Waals surface area contributed by atoms with E-state index in [1.807, 2.05) is 45.0 Å². The monoisotopic (exact) mass is 561 g/mol. The van der Waals surface area contributed by atoms with Crippen LogP contribution in [0.15, 0.2) is 36.4 Å². The number of carbonyl (C=O) groups is 2. The van der Waals surface area contributed by atoms with Crippen LogP contribution in [0.25, 0.3) is 0 Å². The lowest BCUT2D eigenvalue weighted by atomic mass is 10.1. The first kappa shape index (κ1) is 29.2. The zero-order chi connectivity index (χ0) is 26.5. The maximum atomic E-state index is 13.6. The van der Waals surface area contributed by atoms with Crippen molar-refractivity contribution in [3.63, 3.8) is 0 Å². The molecule has 0 aromatic heterocycles. The van der Waals surface area contributed by atoms with Gasteiger partial charge in [0.05, 0.1) is 27.0 Å². The van der Waals surface area contributed by atoms with Gasteiger partial charge in [-0.1, -0.05) is 71.6 Å². The molecule has 2 aromatic carbocycles. The fraction of sp³-hybridized carbons (Fsp3) is 0.417. The van der Waals surface area contributed by atoms with Crippen LogP contribution >= 0.6 is 34.8 Å². The van der Waals surface area contributed by atoms with E-state index < -0.39 is 28.5 Å². The van der Waals surface area contributed by atoms with Crippen LogP contribution in [0.3, 0.4) is 0 Å². The van der Waals surface area contributed by atoms with Crippen LogP contribution in [-0.4, -0.2) is 50.0 Å². The predicted octanol–water partition coefficient (Wildman–Crippen LogP) is 5.05. The van der Waals surface area contributed by atoms with Crippen molar-refractivity contribution >= 4 is 62.3 Å². The SMILES string of the molecule is CCC(C)NC(=O)C(C)N(Cc1cccc(C)c1)C(=O)CN(c1cc(Cl)c(Cl)cc1Cl)S(C)(=O)=O. The van der Waals surface area contributed by atoms with Gasteiger partial charge in [0, 0.05) is 12.6 Å². The largest absolute Gasteiger partial charge is 0.352 e. The highest BCUT2D eigenvalue weighted by Gasteiger charge is 2.31. The number of hydrogen-bond donors (Lipinski definition) is 1. The van der Waals surface area contributed by atoms with E-state index in [0.29, 0.717) is 0 Å². The summed E-state index contributed by atoms with van der Waals surface area (Å²) >= 11 is 18.3. The average molecular weight is 563 g/mol. The number of anilines is 1. The van der Waals surface area contributed by atoms with Gasteiger partial charge in [-0.15, -0.1) is 0 Å². The first-order chi connectivity index (χ1) is 16.2. The van der Waals surface area contributed by atoms with Crippen molar-refractivity contribution in [3.8, 4) is 0 Å². The Morgan fingerprint density at radius 3 is 2.23 bits per heavy atom. The third-order valence-electron chi connectivity index (χ3n) is 5.54. The molecule has 0 aliphatic carbocycles. The Hall–Kier alpha value is -2.00. The second kappa shape index (κ2) is 12.3. The topological polar surface area (TPSA) is 86.8 Å². The first-order valence-electron chi connectivity index (χ1n) is 11.0.